The molecule has 0 unspecified atom stereocenters. The van der Waals surface area contributed by atoms with Crippen LogP contribution < -0.4 is 15.6 Å². The number of hydrogen-bond acceptors (Lipinski definition) is 6. The third-order valence-corrected chi connectivity index (χ3v) is 9.65. The molecule has 0 saturated heterocycles. The molecule has 0 aliphatic rings. The van der Waals surface area contributed by atoms with E-state index in [0.717, 1.165) is 0 Å². The van der Waals surface area contributed by atoms with Gasteiger partial charge in [0.15, 0.2) is 0 Å². The molecule has 0 fully saturated rings. The molecule has 0 bridgehead atoms. The Bertz CT molecular complexity index is 2450. The van der Waals surface area contributed by atoms with E-state index >= 15 is 0 Å². The Balaban J connectivity index is 1.51. The number of sulfone groups is 1. The molecular formula is C34H24ClN5O5S. The number of carbonyl (C=O) groups is 1. The van der Waals surface area contributed by atoms with Crippen molar-refractivity contribution in [3.63, 3.8) is 0 Å². The predicted molar refractivity (Wildman–Crippen MR) is 176 cm³/mol. The highest BCUT2D eigenvalue weighted by atomic mass is 35.5. The van der Waals surface area contributed by atoms with Crippen molar-refractivity contribution in [1.29, 1.82) is 0 Å². The van der Waals surface area contributed by atoms with Crippen molar-refractivity contribution in [1.82, 2.24) is 19.3 Å². The molecule has 3 heterocycles. The van der Waals surface area contributed by atoms with Gasteiger partial charge in [0.2, 0.25) is 9.84 Å². The first-order valence-electron chi connectivity index (χ1n) is 14.0. The molecule has 7 rings (SSSR count). The van der Waals surface area contributed by atoms with E-state index in [1.54, 1.807) is 71.5 Å². The number of carbonyl (C=O) groups excluding carboxylic acids is 1. The second-order valence-electron chi connectivity index (χ2n) is 10.4. The number of benzene rings is 4. The van der Waals surface area contributed by atoms with E-state index in [0.29, 0.717) is 33.2 Å². The molecule has 2 N–H and O–H groups in total. The van der Waals surface area contributed by atoms with Gasteiger partial charge in [0.25, 0.3) is 11.5 Å². The number of halogens is 1. The molecule has 46 heavy (non-hydrogen) atoms. The number of rotatable bonds is 7. The summed E-state index contributed by atoms with van der Waals surface area (Å²) in [6.45, 7) is 0. The van der Waals surface area contributed by atoms with Gasteiger partial charge in [-0.2, -0.15) is 0 Å². The first-order valence-corrected chi connectivity index (χ1v) is 15.9. The Kier molecular flexibility index (Phi) is 7.19. The Morgan fingerprint density at radius 2 is 1.59 bits per heavy atom. The van der Waals surface area contributed by atoms with Crippen LogP contribution in [-0.4, -0.2) is 40.8 Å². The zero-order valence-corrected chi connectivity index (χ0v) is 25.7. The maximum atomic E-state index is 14.4. The second-order valence-corrected chi connectivity index (χ2v) is 12.7. The molecule has 12 heteroatoms. The molecule has 0 spiro atoms. The van der Waals surface area contributed by atoms with Gasteiger partial charge in [-0.25, -0.2) is 22.8 Å². The van der Waals surface area contributed by atoms with Crippen LogP contribution in [0.1, 0.15) is 10.4 Å². The number of amides is 1. The van der Waals surface area contributed by atoms with Crippen molar-refractivity contribution in [2.45, 2.75) is 9.79 Å². The summed E-state index contributed by atoms with van der Waals surface area (Å²) < 4.78 is 37.1. The number of pyridine rings is 1. The second kappa shape index (κ2) is 11.4. The van der Waals surface area contributed by atoms with Gasteiger partial charge < -0.3 is 15.0 Å². The molecule has 0 aliphatic heterocycles. The van der Waals surface area contributed by atoms with E-state index in [9.17, 15) is 18.0 Å². The van der Waals surface area contributed by atoms with E-state index in [1.807, 2.05) is 24.3 Å². The highest BCUT2D eigenvalue weighted by Gasteiger charge is 2.29. The van der Waals surface area contributed by atoms with Crippen LogP contribution in [0.15, 0.2) is 130 Å². The number of fused-ring (bicyclic) bond motifs is 2. The summed E-state index contributed by atoms with van der Waals surface area (Å²) in [6, 6.07) is 28.5. The van der Waals surface area contributed by atoms with E-state index in [4.69, 9.17) is 16.3 Å². The smallest absolute Gasteiger partial charge is 0.280 e. The minimum atomic E-state index is -4.33. The summed E-state index contributed by atoms with van der Waals surface area (Å²) in [4.78, 5) is 34.8. The minimum absolute atomic E-state index is 0.0456. The summed E-state index contributed by atoms with van der Waals surface area (Å²) >= 11 is 6.26. The number of ether oxygens (including phenoxy) is 1. The number of aromatic amines is 1. The maximum Gasteiger partial charge on any atom is 0.280 e. The van der Waals surface area contributed by atoms with E-state index < -0.39 is 21.3 Å². The monoisotopic (exact) mass is 649 g/mol. The molecule has 0 saturated carbocycles. The zero-order chi connectivity index (χ0) is 32.0. The normalized spacial score (nSPS) is 11.6. The summed E-state index contributed by atoms with van der Waals surface area (Å²) in [7, 11) is -2.89. The van der Waals surface area contributed by atoms with Crippen molar-refractivity contribution in [3.05, 3.63) is 136 Å². The van der Waals surface area contributed by atoms with Gasteiger partial charge in [-0.05, 0) is 60.7 Å². The lowest BCUT2D eigenvalue weighted by molar-refractivity contribution is 0.102. The number of hydrogen-bond donors (Lipinski definition) is 2. The Labute approximate surface area is 267 Å². The highest BCUT2D eigenvalue weighted by Crippen LogP contribution is 2.34. The van der Waals surface area contributed by atoms with E-state index in [1.165, 1.54) is 36.2 Å². The third kappa shape index (κ3) is 4.91. The number of anilines is 1. The van der Waals surface area contributed by atoms with Gasteiger partial charge >= 0.3 is 0 Å². The summed E-state index contributed by atoms with van der Waals surface area (Å²) in [6.07, 6.45) is 2.97. The number of methoxy groups -OCH3 is 1. The lowest BCUT2D eigenvalue weighted by Gasteiger charge is -2.14. The van der Waals surface area contributed by atoms with E-state index in [2.05, 4.69) is 15.3 Å². The fourth-order valence-electron chi connectivity index (χ4n) is 5.39. The van der Waals surface area contributed by atoms with Crippen LogP contribution >= 0.6 is 11.6 Å². The van der Waals surface area contributed by atoms with Crippen molar-refractivity contribution in [3.8, 4) is 17.1 Å². The molecule has 4 aromatic carbocycles. The SMILES string of the molecule is COc1cccc(S(=O)(=O)c2cc(NC(=O)c3cnc4[nH]cc(Cl)c4c3)cc3c2c(=O)n(-c2ccccc2)n3-c2ccccc2)c1. The Morgan fingerprint density at radius 1 is 0.891 bits per heavy atom. The van der Waals surface area contributed by atoms with E-state index in [-0.39, 0.29) is 31.9 Å². The summed E-state index contributed by atoms with van der Waals surface area (Å²) in [5.41, 5.74) is 1.70. The molecule has 0 atom stereocenters. The first kappa shape index (κ1) is 29.1. The fourth-order valence-corrected chi connectivity index (χ4v) is 7.12. The molecule has 10 nitrogen and oxygen atoms in total. The van der Waals surface area contributed by atoms with Gasteiger partial charge in [-0.3, -0.25) is 9.59 Å². The van der Waals surface area contributed by atoms with Crippen molar-refractivity contribution >= 4 is 55.0 Å². The van der Waals surface area contributed by atoms with Crippen LogP contribution in [-0.2, 0) is 9.84 Å². The average molecular weight is 650 g/mol. The average Bonchev–Trinajstić information content (AvgIpc) is 3.61. The van der Waals surface area contributed by atoms with Gasteiger partial charge in [0.1, 0.15) is 11.4 Å². The number of nitrogens with zero attached hydrogens (tertiary/aromatic N) is 3. The van der Waals surface area contributed by atoms with Crippen LogP contribution in [0.5, 0.6) is 5.75 Å². The summed E-state index contributed by atoms with van der Waals surface area (Å²) in [5, 5.41) is 3.73. The van der Waals surface area contributed by atoms with Gasteiger partial charge in [0.05, 0.1) is 49.8 Å². The largest absolute Gasteiger partial charge is 0.497 e. The van der Waals surface area contributed by atoms with Gasteiger partial charge in [-0.15, -0.1) is 0 Å². The number of para-hydroxylation sites is 2. The van der Waals surface area contributed by atoms with Crippen LogP contribution in [0.2, 0.25) is 5.02 Å². The van der Waals surface area contributed by atoms with Crippen LogP contribution in [0, 0.1) is 0 Å². The number of H-pyrrole nitrogens is 1. The van der Waals surface area contributed by atoms with Crippen LogP contribution in [0.25, 0.3) is 33.3 Å². The molecule has 3 aromatic heterocycles. The standard InChI is InChI=1S/C34H24ClN5O5S/c1-45-25-13-8-14-26(18-25)46(43,44)30-17-22(38-33(41)21-15-27-28(35)20-37-32(27)36-19-21)16-29-31(30)34(42)40(24-11-6-3-7-12-24)39(29)23-9-4-2-5-10-23/h2-20H,1H3,(H,36,37)(H,38,41). The number of nitrogens with one attached hydrogen (secondary N) is 2. The quantitative estimate of drug-likeness (QED) is 0.206. The molecule has 0 radical (unpaired) electrons. The zero-order valence-electron chi connectivity index (χ0n) is 24.1. The predicted octanol–water partition coefficient (Wildman–Crippen LogP) is 6.40. The Morgan fingerprint density at radius 3 is 2.28 bits per heavy atom. The van der Waals surface area contributed by atoms with Crippen molar-refractivity contribution in [2.24, 2.45) is 0 Å². The molecule has 228 valence electrons. The van der Waals surface area contributed by atoms with Crippen molar-refractivity contribution in [2.75, 3.05) is 12.4 Å². The van der Waals surface area contributed by atoms with Gasteiger partial charge in [-0.1, -0.05) is 54.1 Å². The molecule has 7 aromatic rings. The lowest BCUT2D eigenvalue weighted by atomic mass is 10.2. The Hall–Kier alpha value is -5.65. The van der Waals surface area contributed by atoms with Crippen LogP contribution in [0.3, 0.4) is 0 Å². The molecule has 1 amide bonds. The lowest BCUT2D eigenvalue weighted by Crippen LogP contribution is -2.20. The highest BCUT2D eigenvalue weighted by molar-refractivity contribution is 7.91. The third-order valence-electron chi connectivity index (χ3n) is 7.56. The van der Waals surface area contributed by atoms with Crippen molar-refractivity contribution < 1.29 is 17.9 Å². The van der Waals surface area contributed by atoms with Gasteiger partial charge in [0, 0.05) is 23.5 Å². The molecule has 0 aliphatic carbocycles. The topological polar surface area (TPSA) is 128 Å². The molecular weight excluding hydrogens is 626 g/mol. The fraction of sp³-hybridized carbons (Fsp3) is 0.0294. The first-order chi connectivity index (χ1) is 22.3. The van der Waals surface area contributed by atoms with Crippen LogP contribution in [0.4, 0.5) is 5.69 Å². The summed E-state index contributed by atoms with van der Waals surface area (Å²) in [5.74, 6) is -0.219. The minimum Gasteiger partial charge on any atom is -0.497 e. The number of aromatic nitrogens is 4. The maximum absolute atomic E-state index is 14.4.